The van der Waals surface area contributed by atoms with Crippen LogP contribution in [0.15, 0.2) is 60.7 Å². The Kier molecular flexibility index (Phi) is 7.21. The molecule has 0 saturated heterocycles. The van der Waals surface area contributed by atoms with Gasteiger partial charge >= 0.3 is 0 Å². The Hall–Kier alpha value is -1.05. The highest BCUT2D eigenvalue weighted by Crippen LogP contribution is 2.20. The van der Waals surface area contributed by atoms with Crippen molar-refractivity contribution in [3.05, 3.63) is 60.7 Å². The Bertz CT molecular complexity index is 484. The Morgan fingerprint density at radius 1 is 0.682 bits per heavy atom. The van der Waals surface area contributed by atoms with Crippen LogP contribution in [0.3, 0.4) is 0 Å². The fourth-order valence-corrected chi connectivity index (χ4v) is 7.26. The lowest BCUT2D eigenvalue weighted by molar-refractivity contribution is 0.623. The van der Waals surface area contributed by atoms with Crippen molar-refractivity contribution in [1.29, 1.82) is 0 Å². The highest BCUT2D eigenvalue weighted by atomic mass is 35.6. The number of rotatable bonds is 9. The molecule has 0 amide bonds. The third kappa shape index (κ3) is 4.72. The molecule has 0 bridgehead atoms. The minimum atomic E-state index is -2.10. The topological polar surface area (TPSA) is 0 Å². The molecule has 0 radical (unpaired) electrons. The largest absolute Gasteiger partial charge is 0.217 e. The van der Waals surface area contributed by atoms with E-state index >= 15 is 0 Å². The summed E-state index contributed by atoms with van der Waals surface area (Å²) in [6.07, 6.45) is 7.93. The molecular formula is C20H27ClSi. The van der Waals surface area contributed by atoms with Gasteiger partial charge in [0.1, 0.15) is 0 Å². The Balaban J connectivity index is 2.07. The van der Waals surface area contributed by atoms with E-state index in [9.17, 15) is 0 Å². The van der Waals surface area contributed by atoms with Gasteiger partial charge in [-0.3, -0.25) is 0 Å². The summed E-state index contributed by atoms with van der Waals surface area (Å²) in [7, 11) is -2.10. The molecule has 0 aliphatic heterocycles. The fourth-order valence-electron chi connectivity index (χ4n) is 3.01. The maximum Gasteiger partial charge on any atom is 0.217 e. The predicted octanol–water partition coefficient (Wildman–Crippen LogP) is 5.35. The molecule has 0 atom stereocenters. The minimum Gasteiger partial charge on any atom is -0.155 e. The number of unbranched alkanes of at least 4 members (excludes halogenated alkanes) is 5. The van der Waals surface area contributed by atoms with Crippen LogP contribution in [0, 0.1) is 0 Å². The first-order chi connectivity index (χ1) is 10.8. The van der Waals surface area contributed by atoms with Crippen LogP contribution in [0.1, 0.15) is 45.4 Å². The standard InChI is InChI=1S/C20H27ClSi/c1-2-3-4-5-6-13-18-22(21,19-14-9-7-10-15-19)20-16-11-8-12-17-20/h7-12,14-17H,2-6,13,18H2,1H3. The van der Waals surface area contributed by atoms with Crippen molar-refractivity contribution in [2.45, 2.75) is 51.5 Å². The highest BCUT2D eigenvalue weighted by Gasteiger charge is 2.34. The fraction of sp³-hybridized carbons (Fsp3) is 0.400. The van der Waals surface area contributed by atoms with Crippen molar-refractivity contribution in [3.63, 3.8) is 0 Å². The molecule has 0 aliphatic rings. The molecule has 2 rings (SSSR count). The van der Waals surface area contributed by atoms with Gasteiger partial charge in [0.15, 0.2) is 0 Å². The molecule has 0 fully saturated rings. The van der Waals surface area contributed by atoms with Gasteiger partial charge < -0.3 is 0 Å². The van der Waals surface area contributed by atoms with E-state index in [4.69, 9.17) is 11.1 Å². The number of benzene rings is 2. The van der Waals surface area contributed by atoms with Crippen molar-refractivity contribution in [1.82, 2.24) is 0 Å². The predicted molar refractivity (Wildman–Crippen MR) is 102 cm³/mol. The maximum atomic E-state index is 7.27. The summed E-state index contributed by atoms with van der Waals surface area (Å²) in [4.78, 5) is 0. The van der Waals surface area contributed by atoms with E-state index in [0.29, 0.717) is 0 Å². The molecule has 0 saturated carbocycles. The molecule has 2 aromatic rings. The lowest BCUT2D eigenvalue weighted by Gasteiger charge is -2.25. The molecule has 0 spiro atoms. The molecular weight excluding hydrogens is 304 g/mol. The van der Waals surface area contributed by atoms with E-state index in [2.05, 4.69) is 67.6 Å². The van der Waals surface area contributed by atoms with Gasteiger partial charge in [0, 0.05) is 0 Å². The minimum absolute atomic E-state index is 1.13. The quantitative estimate of drug-likeness (QED) is 0.330. The zero-order valence-corrected chi connectivity index (χ0v) is 15.4. The van der Waals surface area contributed by atoms with Gasteiger partial charge in [0.2, 0.25) is 7.38 Å². The van der Waals surface area contributed by atoms with E-state index in [1.54, 1.807) is 0 Å². The van der Waals surface area contributed by atoms with Crippen LogP contribution in [-0.4, -0.2) is 7.38 Å². The van der Waals surface area contributed by atoms with Crippen LogP contribution in [0.5, 0.6) is 0 Å². The monoisotopic (exact) mass is 330 g/mol. The van der Waals surface area contributed by atoms with Crippen molar-refractivity contribution in [2.24, 2.45) is 0 Å². The maximum absolute atomic E-state index is 7.27. The third-order valence-electron chi connectivity index (χ3n) is 4.34. The zero-order chi connectivity index (χ0) is 15.7. The van der Waals surface area contributed by atoms with Gasteiger partial charge in [0.25, 0.3) is 0 Å². The van der Waals surface area contributed by atoms with E-state index in [0.717, 1.165) is 6.04 Å². The van der Waals surface area contributed by atoms with Crippen molar-refractivity contribution < 1.29 is 0 Å². The van der Waals surface area contributed by atoms with Gasteiger partial charge in [-0.15, -0.1) is 0 Å². The molecule has 0 nitrogen and oxygen atoms in total. The second-order valence-electron chi connectivity index (χ2n) is 6.05. The summed E-state index contributed by atoms with van der Waals surface area (Å²) in [5.74, 6) is 0. The molecule has 0 aliphatic carbocycles. The molecule has 0 unspecified atom stereocenters. The summed E-state index contributed by atoms with van der Waals surface area (Å²) in [5.41, 5.74) is 0. The molecule has 2 aromatic carbocycles. The van der Waals surface area contributed by atoms with Crippen LogP contribution in [0.2, 0.25) is 6.04 Å². The van der Waals surface area contributed by atoms with Gasteiger partial charge in [-0.1, -0.05) is 106 Å². The Labute approximate surface area is 141 Å². The molecule has 22 heavy (non-hydrogen) atoms. The molecule has 0 heterocycles. The zero-order valence-electron chi connectivity index (χ0n) is 13.6. The molecule has 0 aromatic heterocycles. The average molecular weight is 331 g/mol. The van der Waals surface area contributed by atoms with Crippen molar-refractivity contribution in [3.8, 4) is 0 Å². The van der Waals surface area contributed by atoms with Gasteiger partial charge in [-0.25, -0.2) is 0 Å². The normalized spacial score (nSPS) is 11.5. The van der Waals surface area contributed by atoms with Crippen LogP contribution < -0.4 is 10.4 Å². The van der Waals surface area contributed by atoms with Crippen LogP contribution in [0.25, 0.3) is 0 Å². The molecule has 118 valence electrons. The summed E-state index contributed by atoms with van der Waals surface area (Å²) in [5, 5.41) is 2.69. The first-order valence-corrected chi connectivity index (χ1v) is 11.8. The smallest absolute Gasteiger partial charge is 0.155 e. The van der Waals surface area contributed by atoms with E-state index in [1.807, 2.05) is 0 Å². The van der Waals surface area contributed by atoms with E-state index < -0.39 is 7.38 Å². The Morgan fingerprint density at radius 3 is 1.64 bits per heavy atom. The third-order valence-corrected chi connectivity index (χ3v) is 9.75. The van der Waals surface area contributed by atoms with Crippen LogP contribution in [0.4, 0.5) is 0 Å². The lowest BCUT2D eigenvalue weighted by Crippen LogP contribution is -2.53. The highest BCUT2D eigenvalue weighted by molar-refractivity contribution is 7.34. The molecule has 0 N–H and O–H groups in total. The average Bonchev–Trinajstić information content (AvgIpc) is 2.59. The Morgan fingerprint density at radius 2 is 1.14 bits per heavy atom. The van der Waals surface area contributed by atoms with Gasteiger partial charge in [-0.05, 0) is 16.4 Å². The van der Waals surface area contributed by atoms with Crippen molar-refractivity contribution in [2.75, 3.05) is 0 Å². The van der Waals surface area contributed by atoms with Crippen molar-refractivity contribution >= 4 is 28.8 Å². The number of hydrogen-bond acceptors (Lipinski definition) is 0. The second-order valence-corrected chi connectivity index (χ2v) is 11.2. The number of hydrogen-bond donors (Lipinski definition) is 0. The van der Waals surface area contributed by atoms with Crippen LogP contribution >= 0.6 is 11.1 Å². The van der Waals surface area contributed by atoms with E-state index in [-0.39, 0.29) is 0 Å². The lowest BCUT2D eigenvalue weighted by atomic mass is 10.1. The number of halogens is 1. The first-order valence-electron chi connectivity index (χ1n) is 8.57. The van der Waals surface area contributed by atoms with Crippen LogP contribution in [-0.2, 0) is 0 Å². The summed E-state index contributed by atoms with van der Waals surface area (Å²) in [6.45, 7) is 2.27. The summed E-state index contributed by atoms with van der Waals surface area (Å²) >= 11 is 7.27. The molecule has 2 heteroatoms. The SMILES string of the molecule is CCCCCCCC[Si](Cl)(c1ccccc1)c1ccccc1. The van der Waals surface area contributed by atoms with Gasteiger partial charge in [-0.2, -0.15) is 11.1 Å². The van der Waals surface area contributed by atoms with E-state index in [1.165, 1.54) is 48.9 Å². The summed E-state index contributed by atoms with van der Waals surface area (Å²) in [6, 6.07) is 22.6. The second kappa shape index (κ2) is 9.17. The first kappa shape index (κ1) is 17.3. The van der Waals surface area contributed by atoms with Gasteiger partial charge in [0.05, 0.1) is 0 Å². The summed E-state index contributed by atoms with van der Waals surface area (Å²) < 4.78 is 0.